The van der Waals surface area contributed by atoms with E-state index in [4.69, 9.17) is 5.73 Å². The van der Waals surface area contributed by atoms with Gasteiger partial charge in [0, 0.05) is 38.3 Å². The van der Waals surface area contributed by atoms with E-state index in [-0.39, 0.29) is 36.4 Å². The van der Waals surface area contributed by atoms with Gasteiger partial charge in [0.1, 0.15) is 11.6 Å². The summed E-state index contributed by atoms with van der Waals surface area (Å²) in [7, 11) is 1.56. The molecule has 0 aliphatic carbocycles. The van der Waals surface area contributed by atoms with E-state index in [0.29, 0.717) is 5.96 Å². The van der Waals surface area contributed by atoms with E-state index in [1.807, 2.05) is 4.90 Å². The summed E-state index contributed by atoms with van der Waals surface area (Å²) >= 11 is 0. The number of hydrogen-bond donors (Lipinski definition) is 3. The van der Waals surface area contributed by atoms with Crippen LogP contribution in [0.2, 0.25) is 0 Å². The van der Waals surface area contributed by atoms with Crippen LogP contribution in [0.3, 0.4) is 0 Å². The van der Waals surface area contributed by atoms with Crippen molar-refractivity contribution in [3.63, 3.8) is 0 Å². The number of halogens is 3. The first-order chi connectivity index (χ1) is 12.9. The van der Waals surface area contributed by atoms with E-state index in [9.17, 15) is 18.0 Å². The lowest BCUT2D eigenvalue weighted by molar-refractivity contribution is -0.119. The number of carbonyl (C=O) groups is 1. The number of nitrogens with one attached hydrogen (secondary N) is 2. The quantitative estimate of drug-likeness (QED) is 0.480. The summed E-state index contributed by atoms with van der Waals surface area (Å²) in [6, 6.07) is 3.90. The fraction of sp³-hybridized carbons (Fsp3) is 0.529. The molecule has 0 spiro atoms. The van der Waals surface area contributed by atoms with Crippen LogP contribution in [0, 0.1) is 5.82 Å². The summed E-state index contributed by atoms with van der Waals surface area (Å²) in [6.07, 6.45) is 1.57. The van der Waals surface area contributed by atoms with Gasteiger partial charge in [0.15, 0.2) is 5.96 Å². The number of rotatable bonds is 7. The summed E-state index contributed by atoms with van der Waals surface area (Å²) in [5, 5.41) is 6.13. The number of hydrogen-bond acceptors (Lipinski definition) is 4. The number of alkyl halides is 2. The molecule has 0 atom stereocenters. The van der Waals surface area contributed by atoms with Crippen molar-refractivity contribution in [3.8, 4) is 5.75 Å². The van der Waals surface area contributed by atoms with Crippen LogP contribution in [0.25, 0.3) is 0 Å². The maximum atomic E-state index is 14.0. The van der Waals surface area contributed by atoms with Crippen molar-refractivity contribution in [3.05, 3.63) is 29.6 Å². The summed E-state index contributed by atoms with van der Waals surface area (Å²) in [4.78, 5) is 17.0. The first kappa shape index (κ1) is 20.8. The summed E-state index contributed by atoms with van der Waals surface area (Å²) in [6.45, 7) is -1.42. The molecule has 1 saturated heterocycles. The lowest BCUT2D eigenvalue weighted by Crippen LogP contribution is -2.49. The highest BCUT2D eigenvalue weighted by atomic mass is 19.3. The Morgan fingerprint density at radius 3 is 2.70 bits per heavy atom. The second-order valence-electron chi connectivity index (χ2n) is 6.18. The highest BCUT2D eigenvalue weighted by molar-refractivity contribution is 5.80. The molecule has 0 unspecified atom stereocenters. The fourth-order valence-electron chi connectivity index (χ4n) is 2.93. The number of carbonyl (C=O) groups excluding carboxylic acids is 1. The normalized spacial score (nSPS) is 16.4. The average molecular weight is 387 g/mol. The van der Waals surface area contributed by atoms with E-state index in [0.717, 1.165) is 25.9 Å². The highest BCUT2D eigenvalue weighted by Gasteiger charge is 2.21. The molecule has 1 aliphatic heterocycles. The minimum atomic E-state index is -3.03. The van der Waals surface area contributed by atoms with Crippen molar-refractivity contribution in [2.75, 3.05) is 26.7 Å². The zero-order valence-electron chi connectivity index (χ0n) is 15.1. The number of primary amides is 1. The van der Waals surface area contributed by atoms with E-state index < -0.39 is 12.4 Å². The van der Waals surface area contributed by atoms with Gasteiger partial charge < -0.3 is 21.1 Å². The number of guanidine groups is 1. The van der Waals surface area contributed by atoms with Crippen LogP contribution in [-0.2, 0) is 11.3 Å². The van der Waals surface area contributed by atoms with Gasteiger partial charge in [-0.3, -0.25) is 14.7 Å². The Balaban J connectivity index is 1.89. The van der Waals surface area contributed by atoms with Gasteiger partial charge in [0.05, 0.1) is 6.54 Å². The molecule has 1 aromatic rings. The maximum Gasteiger partial charge on any atom is 0.387 e. The summed E-state index contributed by atoms with van der Waals surface area (Å²) < 4.78 is 43.3. The predicted octanol–water partition coefficient (Wildman–Crippen LogP) is 1.04. The van der Waals surface area contributed by atoms with E-state index in [1.54, 1.807) is 7.05 Å². The molecule has 0 bridgehead atoms. The third kappa shape index (κ3) is 6.63. The third-order valence-electron chi connectivity index (χ3n) is 4.26. The van der Waals surface area contributed by atoms with E-state index >= 15 is 0 Å². The molecule has 0 saturated carbocycles. The van der Waals surface area contributed by atoms with Crippen LogP contribution in [0.4, 0.5) is 13.2 Å². The largest absolute Gasteiger partial charge is 0.434 e. The maximum absolute atomic E-state index is 14.0. The SMILES string of the molecule is CN=C(NCc1c(F)cccc1OC(F)F)NC1CCN(CC(N)=O)CC1. The molecule has 7 nitrogen and oxygen atoms in total. The van der Waals surface area contributed by atoms with Crippen LogP contribution < -0.4 is 21.1 Å². The molecule has 1 amide bonds. The van der Waals surface area contributed by atoms with Gasteiger partial charge in [-0.15, -0.1) is 0 Å². The van der Waals surface area contributed by atoms with Crippen LogP contribution in [0.1, 0.15) is 18.4 Å². The van der Waals surface area contributed by atoms with Crippen molar-refractivity contribution >= 4 is 11.9 Å². The molecule has 4 N–H and O–H groups in total. The highest BCUT2D eigenvalue weighted by Crippen LogP contribution is 2.23. The minimum Gasteiger partial charge on any atom is -0.434 e. The van der Waals surface area contributed by atoms with Crippen molar-refractivity contribution in [2.24, 2.45) is 10.7 Å². The summed E-state index contributed by atoms with van der Waals surface area (Å²) in [5.74, 6) is -0.788. The first-order valence-corrected chi connectivity index (χ1v) is 8.59. The number of aliphatic imine (C=N–C) groups is 1. The standard InChI is InChI=1S/C17H24F3N5O2/c1-22-17(24-11-5-7-25(8-6-11)10-15(21)26)23-9-12-13(18)3-2-4-14(12)27-16(19)20/h2-4,11,16H,5-10H2,1H3,(H2,21,26)(H2,22,23,24). The van der Waals surface area contributed by atoms with Crippen molar-refractivity contribution in [1.29, 1.82) is 0 Å². The number of likely N-dealkylation sites (tertiary alicyclic amines) is 1. The fourth-order valence-corrected chi connectivity index (χ4v) is 2.93. The van der Waals surface area contributed by atoms with Crippen LogP contribution in [-0.4, -0.2) is 56.1 Å². The first-order valence-electron chi connectivity index (χ1n) is 8.59. The Hall–Kier alpha value is -2.49. The van der Waals surface area contributed by atoms with Crippen LogP contribution >= 0.6 is 0 Å². The number of benzene rings is 1. The molecule has 1 aromatic carbocycles. The Morgan fingerprint density at radius 2 is 2.11 bits per heavy atom. The second kappa shape index (κ2) is 10.0. The number of nitrogens with two attached hydrogens (primary N) is 1. The zero-order chi connectivity index (χ0) is 19.8. The molecular formula is C17H24F3N5O2. The van der Waals surface area contributed by atoms with E-state index in [2.05, 4.69) is 20.4 Å². The van der Waals surface area contributed by atoms with Gasteiger partial charge in [-0.25, -0.2) is 4.39 Å². The van der Waals surface area contributed by atoms with Gasteiger partial charge in [-0.1, -0.05) is 6.07 Å². The lowest BCUT2D eigenvalue weighted by Gasteiger charge is -2.32. The Morgan fingerprint density at radius 1 is 1.41 bits per heavy atom. The Kier molecular flexibility index (Phi) is 7.71. The monoisotopic (exact) mass is 387 g/mol. The zero-order valence-corrected chi connectivity index (χ0v) is 15.1. The molecule has 2 rings (SSSR count). The number of nitrogens with zero attached hydrogens (tertiary/aromatic N) is 2. The van der Waals surface area contributed by atoms with Gasteiger partial charge in [0.2, 0.25) is 5.91 Å². The topological polar surface area (TPSA) is 92.0 Å². The molecule has 10 heteroatoms. The molecular weight excluding hydrogens is 363 g/mol. The van der Waals surface area contributed by atoms with Gasteiger partial charge >= 0.3 is 6.61 Å². The van der Waals surface area contributed by atoms with Crippen molar-refractivity contribution in [2.45, 2.75) is 32.0 Å². The molecule has 0 aromatic heterocycles. The Bertz CT molecular complexity index is 664. The van der Waals surface area contributed by atoms with Crippen LogP contribution in [0.5, 0.6) is 5.75 Å². The average Bonchev–Trinajstić information content (AvgIpc) is 2.60. The molecule has 27 heavy (non-hydrogen) atoms. The number of amides is 1. The van der Waals surface area contributed by atoms with Gasteiger partial charge in [-0.2, -0.15) is 8.78 Å². The Labute approximate surface area is 155 Å². The third-order valence-corrected chi connectivity index (χ3v) is 4.26. The molecule has 1 heterocycles. The molecule has 1 aliphatic rings. The van der Waals surface area contributed by atoms with E-state index in [1.165, 1.54) is 18.2 Å². The van der Waals surface area contributed by atoms with Gasteiger partial charge in [-0.05, 0) is 25.0 Å². The molecule has 150 valence electrons. The summed E-state index contributed by atoms with van der Waals surface area (Å²) in [5.41, 5.74) is 5.19. The molecule has 1 fully saturated rings. The minimum absolute atomic E-state index is 0.00275. The number of piperidine rings is 1. The van der Waals surface area contributed by atoms with Crippen molar-refractivity contribution < 1.29 is 22.7 Å². The smallest absolute Gasteiger partial charge is 0.387 e. The lowest BCUT2D eigenvalue weighted by atomic mass is 10.1. The van der Waals surface area contributed by atoms with Gasteiger partial charge in [0.25, 0.3) is 0 Å². The van der Waals surface area contributed by atoms with Crippen LogP contribution in [0.15, 0.2) is 23.2 Å². The second-order valence-corrected chi connectivity index (χ2v) is 6.18. The predicted molar refractivity (Wildman–Crippen MR) is 95.0 cm³/mol. The number of ether oxygens (including phenoxy) is 1. The van der Waals surface area contributed by atoms with Crippen molar-refractivity contribution in [1.82, 2.24) is 15.5 Å². The molecule has 0 radical (unpaired) electrons.